The van der Waals surface area contributed by atoms with Crippen LogP contribution in [0.1, 0.15) is 32.8 Å². The number of nitrogens with one attached hydrogen (secondary N) is 2. The summed E-state index contributed by atoms with van der Waals surface area (Å²) in [6.45, 7) is 10.1. The molecule has 0 aromatic heterocycles. The highest BCUT2D eigenvalue weighted by Crippen LogP contribution is 2.29. The maximum absolute atomic E-state index is 11.9. The lowest BCUT2D eigenvalue weighted by atomic mass is 9.86. The van der Waals surface area contributed by atoms with Crippen LogP contribution in [-0.4, -0.2) is 18.4 Å². The van der Waals surface area contributed by atoms with Crippen molar-refractivity contribution in [2.75, 3.05) is 11.9 Å². The molecule has 0 heterocycles. The standard InChI is InChI=1S/C16H22N2O2/c1-5-10-17-14(19)11-15(20)18-13-9-7-6-8-12(13)16(2,3)4/h5-9H,1,10-11H2,2-4H3,(H,17,19)(H,18,20). The van der Waals surface area contributed by atoms with Gasteiger partial charge in [0.25, 0.3) is 0 Å². The zero-order valence-corrected chi connectivity index (χ0v) is 12.3. The average Bonchev–Trinajstić information content (AvgIpc) is 2.35. The molecule has 2 N–H and O–H groups in total. The van der Waals surface area contributed by atoms with Crippen LogP contribution in [-0.2, 0) is 15.0 Å². The van der Waals surface area contributed by atoms with Gasteiger partial charge in [0.2, 0.25) is 11.8 Å². The Kier molecular flexibility index (Phi) is 5.50. The van der Waals surface area contributed by atoms with Crippen molar-refractivity contribution in [1.82, 2.24) is 5.32 Å². The molecule has 0 saturated heterocycles. The maximum atomic E-state index is 11.9. The summed E-state index contributed by atoms with van der Waals surface area (Å²) in [6.07, 6.45) is 1.39. The SMILES string of the molecule is C=CCNC(=O)CC(=O)Nc1ccccc1C(C)(C)C. The van der Waals surface area contributed by atoms with E-state index in [-0.39, 0.29) is 23.7 Å². The Morgan fingerprint density at radius 2 is 1.85 bits per heavy atom. The molecule has 20 heavy (non-hydrogen) atoms. The van der Waals surface area contributed by atoms with Gasteiger partial charge in [-0.05, 0) is 17.0 Å². The summed E-state index contributed by atoms with van der Waals surface area (Å²) in [4.78, 5) is 23.3. The highest BCUT2D eigenvalue weighted by Gasteiger charge is 2.19. The molecule has 4 nitrogen and oxygen atoms in total. The Hall–Kier alpha value is -2.10. The molecule has 2 amide bonds. The third kappa shape index (κ3) is 4.88. The van der Waals surface area contributed by atoms with Crippen molar-refractivity contribution in [2.45, 2.75) is 32.6 Å². The number of hydrogen-bond donors (Lipinski definition) is 2. The molecule has 0 aliphatic carbocycles. The second-order valence-corrected chi connectivity index (χ2v) is 5.61. The minimum absolute atomic E-state index is 0.0744. The first-order chi connectivity index (χ1) is 9.34. The Balaban J connectivity index is 2.72. The molecule has 0 aliphatic heterocycles. The van der Waals surface area contributed by atoms with E-state index in [0.717, 1.165) is 11.3 Å². The van der Waals surface area contributed by atoms with Crippen LogP contribution in [0, 0.1) is 0 Å². The van der Waals surface area contributed by atoms with Crippen molar-refractivity contribution in [3.63, 3.8) is 0 Å². The van der Waals surface area contributed by atoms with Gasteiger partial charge in [-0.15, -0.1) is 6.58 Å². The maximum Gasteiger partial charge on any atom is 0.233 e. The van der Waals surface area contributed by atoms with E-state index in [0.29, 0.717) is 6.54 Å². The van der Waals surface area contributed by atoms with Crippen molar-refractivity contribution in [3.05, 3.63) is 42.5 Å². The van der Waals surface area contributed by atoms with E-state index in [9.17, 15) is 9.59 Å². The molecule has 0 unspecified atom stereocenters. The topological polar surface area (TPSA) is 58.2 Å². The van der Waals surface area contributed by atoms with Crippen LogP contribution in [0.15, 0.2) is 36.9 Å². The first-order valence-corrected chi connectivity index (χ1v) is 6.61. The lowest BCUT2D eigenvalue weighted by Crippen LogP contribution is -2.28. The van der Waals surface area contributed by atoms with Crippen LogP contribution in [0.3, 0.4) is 0 Å². The van der Waals surface area contributed by atoms with E-state index >= 15 is 0 Å². The highest BCUT2D eigenvalue weighted by molar-refractivity contribution is 6.03. The summed E-state index contributed by atoms with van der Waals surface area (Å²) in [6, 6.07) is 7.63. The summed E-state index contributed by atoms with van der Waals surface area (Å²) < 4.78 is 0. The van der Waals surface area contributed by atoms with E-state index < -0.39 is 0 Å². The highest BCUT2D eigenvalue weighted by atomic mass is 16.2. The Morgan fingerprint density at radius 1 is 1.20 bits per heavy atom. The Morgan fingerprint density at radius 3 is 2.45 bits per heavy atom. The summed E-state index contributed by atoms with van der Waals surface area (Å²) in [7, 11) is 0. The molecule has 1 aromatic carbocycles. The monoisotopic (exact) mass is 274 g/mol. The molecule has 108 valence electrons. The van der Waals surface area contributed by atoms with Gasteiger partial charge in [0.05, 0.1) is 0 Å². The molecule has 1 aromatic rings. The first-order valence-electron chi connectivity index (χ1n) is 6.61. The van der Waals surface area contributed by atoms with Crippen LogP contribution in [0.4, 0.5) is 5.69 Å². The molecule has 4 heteroatoms. The summed E-state index contributed by atoms with van der Waals surface area (Å²) in [5.74, 6) is -0.626. The van der Waals surface area contributed by atoms with Gasteiger partial charge in [0, 0.05) is 12.2 Å². The van der Waals surface area contributed by atoms with Crippen molar-refractivity contribution < 1.29 is 9.59 Å². The number of hydrogen-bond acceptors (Lipinski definition) is 2. The number of carbonyl (C=O) groups excluding carboxylic acids is 2. The van der Waals surface area contributed by atoms with E-state index in [1.54, 1.807) is 6.08 Å². The Bertz CT molecular complexity index is 501. The predicted molar refractivity (Wildman–Crippen MR) is 81.6 cm³/mol. The van der Waals surface area contributed by atoms with E-state index in [4.69, 9.17) is 0 Å². The molecule has 0 fully saturated rings. The third-order valence-electron chi connectivity index (χ3n) is 2.77. The minimum Gasteiger partial charge on any atom is -0.352 e. The quantitative estimate of drug-likeness (QED) is 0.640. The van der Waals surface area contributed by atoms with Gasteiger partial charge in [0.1, 0.15) is 6.42 Å². The minimum atomic E-state index is -0.316. The number of rotatable bonds is 5. The number of anilines is 1. The van der Waals surface area contributed by atoms with Gasteiger partial charge in [-0.1, -0.05) is 45.0 Å². The predicted octanol–water partition coefficient (Wildman–Crippen LogP) is 2.61. The molecular weight excluding hydrogens is 252 g/mol. The molecule has 0 bridgehead atoms. The van der Waals surface area contributed by atoms with E-state index in [1.807, 2.05) is 24.3 Å². The average molecular weight is 274 g/mol. The van der Waals surface area contributed by atoms with Crippen LogP contribution in [0.5, 0.6) is 0 Å². The molecule has 0 aliphatic rings. The lowest BCUT2D eigenvalue weighted by molar-refractivity contribution is -0.126. The van der Waals surface area contributed by atoms with Crippen LogP contribution >= 0.6 is 0 Å². The Labute approximate surface area is 120 Å². The fraction of sp³-hybridized carbons (Fsp3) is 0.375. The van der Waals surface area contributed by atoms with Crippen molar-refractivity contribution in [1.29, 1.82) is 0 Å². The summed E-state index contributed by atoms with van der Waals surface area (Å²) in [5.41, 5.74) is 1.72. The van der Waals surface area contributed by atoms with Crippen molar-refractivity contribution in [2.24, 2.45) is 0 Å². The van der Waals surface area contributed by atoms with Crippen LogP contribution in [0.25, 0.3) is 0 Å². The number of amides is 2. The molecule has 0 saturated carbocycles. The van der Waals surface area contributed by atoms with Crippen molar-refractivity contribution >= 4 is 17.5 Å². The van der Waals surface area contributed by atoms with Crippen LogP contribution < -0.4 is 10.6 Å². The van der Waals surface area contributed by atoms with Gasteiger partial charge in [-0.25, -0.2) is 0 Å². The zero-order valence-electron chi connectivity index (χ0n) is 12.3. The number of benzene rings is 1. The third-order valence-corrected chi connectivity index (χ3v) is 2.77. The largest absolute Gasteiger partial charge is 0.352 e. The van der Waals surface area contributed by atoms with Crippen molar-refractivity contribution in [3.8, 4) is 0 Å². The number of para-hydroxylation sites is 1. The fourth-order valence-electron chi connectivity index (χ4n) is 1.83. The second-order valence-electron chi connectivity index (χ2n) is 5.61. The fourth-order valence-corrected chi connectivity index (χ4v) is 1.83. The summed E-state index contributed by atoms with van der Waals surface area (Å²) >= 11 is 0. The molecule has 0 spiro atoms. The van der Waals surface area contributed by atoms with Gasteiger partial charge < -0.3 is 10.6 Å². The van der Waals surface area contributed by atoms with Gasteiger partial charge in [-0.2, -0.15) is 0 Å². The smallest absolute Gasteiger partial charge is 0.233 e. The van der Waals surface area contributed by atoms with Crippen LogP contribution in [0.2, 0.25) is 0 Å². The molecule has 0 radical (unpaired) electrons. The summed E-state index contributed by atoms with van der Waals surface area (Å²) in [5, 5.41) is 5.37. The van der Waals surface area contributed by atoms with Gasteiger partial charge in [0.15, 0.2) is 0 Å². The van der Waals surface area contributed by atoms with Gasteiger partial charge >= 0.3 is 0 Å². The van der Waals surface area contributed by atoms with Gasteiger partial charge in [-0.3, -0.25) is 9.59 Å². The zero-order chi connectivity index (χ0) is 15.2. The van der Waals surface area contributed by atoms with E-state index in [1.165, 1.54) is 0 Å². The first kappa shape index (κ1) is 16.0. The van der Waals surface area contributed by atoms with E-state index in [2.05, 4.69) is 38.0 Å². The molecule has 1 rings (SSSR count). The molecule has 0 atom stereocenters. The normalized spacial score (nSPS) is 10.8. The molecular formula is C16H22N2O2. The second kappa shape index (κ2) is 6.89. The number of carbonyl (C=O) groups is 2. The lowest BCUT2D eigenvalue weighted by Gasteiger charge is -2.22.